The van der Waals surface area contributed by atoms with Crippen LogP contribution < -0.4 is 0 Å². The van der Waals surface area contributed by atoms with E-state index in [2.05, 4.69) is 12.1 Å². The number of nitrogens with zero attached hydrogens (tertiary/aromatic N) is 2. The van der Waals surface area contributed by atoms with Crippen LogP contribution in [0.3, 0.4) is 0 Å². The fourth-order valence-electron chi connectivity index (χ4n) is 3.31. The molecule has 1 aliphatic heterocycles. The van der Waals surface area contributed by atoms with Gasteiger partial charge in [-0.05, 0) is 24.5 Å². The summed E-state index contributed by atoms with van der Waals surface area (Å²) in [7, 11) is 0. The van der Waals surface area contributed by atoms with E-state index in [0.717, 1.165) is 19.3 Å². The van der Waals surface area contributed by atoms with Crippen molar-refractivity contribution in [2.75, 3.05) is 13.1 Å². The van der Waals surface area contributed by atoms with E-state index in [9.17, 15) is 14.9 Å². The number of hydrogen-bond acceptors (Lipinski definition) is 3. The molecular formula is C19H20N2O3. The summed E-state index contributed by atoms with van der Waals surface area (Å²) in [6, 6.07) is 16.4. The van der Waals surface area contributed by atoms with Crippen molar-refractivity contribution in [2.24, 2.45) is 0 Å². The van der Waals surface area contributed by atoms with Crippen molar-refractivity contribution in [2.45, 2.75) is 25.2 Å². The van der Waals surface area contributed by atoms with Gasteiger partial charge in [0.25, 0.3) is 11.6 Å². The van der Waals surface area contributed by atoms with Gasteiger partial charge in [-0.1, -0.05) is 48.9 Å². The van der Waals surface area contributed by atoms with Crippen molar-refractivity contribution in [3.63, 3.8) is 0 Å². The molecule has 3 rings (SSSR count). The molecule has 1 amide bonds. The fraction of sp³-hybridized carbons (Fsp3) is 0.316. The van der Waals surface area contributed by atoms with E-state index in [1.165, 1.54) is 11.6 Å². The summed E-state index contributed by atoms with van der Waals surface area (Å²) >= 11 is 0. The van der Waals surface area contributed by atoms with Gasteiger partial charge in [0.1, 0.15) is 5.56 Å². The Bertz CT molecular complexity index is 730. The number of rotatable bonds is 3. The number of hydrogen-bond donors (Lipinski definition) is 0. The lowest BCUT2D eigenvalue weighted by atomic mass is 9.94. The van der Waals surface area contributed by atoms with E-state index in [1.54, 1.807) is 23.1 Å². The second-order valence-electron chi connectivity index (χ2n) is 6.13. The molecule has 1 unspecified atom stereocenters. The Kier molecular flexibility index (Phi) is 4.89. The quantitative estimate of drug-likeness (QED) is 0.633. The van der Waals surface area contributed by atoms with Crippen LogP contribution >= 0.6 is 0 Å². The zero-order valence-electron chi connectivity index (χ0n) is 13.4. The molecule has 1 atom stereocenters. The Balaban J connectivity index is 1.85. The summed E-state index contributed by atoms with van der Waals surface area (Å²) in [4.78, 5) is 25.4. The summed E-state index contributed by atoms with van der Waals surface area (Å²) in [5.74, 6) is 0.0329. The molecule has 0 bridgehead atoms. The average molecular weight is 324 g/mol. The van der Waals surface area contributed by atoms with Gasteiger partial charge >= 0.3 is 0 Å². The van der Waals surface area contributed by atoms with E-state index < -0.39 is 4.92 Å². The number of nitro groups is 1. The summed E-state index contributed by atoms with van der Waals surface area (Å²) in [6.45, 7) is 1.25. The van der Waals surface area contributed by atoms with E-state index in [1.807, 2.05) is 18.2 Å². The largest absolute Gasteiger partial charge is 0.338 e. The van der Waals surface area contributed by atoms with Gasteiger partial charge in [-0.2, -0.15) is 0 Å². The molecule has 0 saturated carbocycles. The van der Waals surface area contributed by atoms with Crippen molar-refractivity contribution in [1.29, 1.82) is 0 Å². The minimum atomic E-state index is -0.486. The second kappa shape index (κ2) is 7.25. The summed E-state index contributed by atoms with van der Waals surface area (Å²) in [6.07, 6.45) is 3.01. The number of carbonyl (C=O) groups is 1. The summed E-state index contributed by atoms with van der Waals surface area (Å²) < 4.78 is 0. The molecule has 0 aliphatic carbocycles. The van der Waals surface area contributed by atoms with Gasteiger partial charge in [-0.25, -0.2) is 0 Å². The van der Waals surface area contributed by atoms with Crippen molar-refractivity contribution < 1.29 is 9.72 Å². The Morgan fingerprint density at radius 2 is 1.75 bits per heavy atom. The highest BCUT2D eigenvalue weighted by molar-refractivity contribution is 5.98. The second-order valence-corrected chi connectivity index (χ2v) is 6.13. The maximum atomic E-state index is 12.9. The first-order valence-electron chi connectivity index (χ1n) is 8.24. The molecule has 2 aromatic carbocycles. The minimum Gasteiger partial charge on any atom is -0.338 e. The Morgan fingerprint density at radius 3 is 2.50 bits per heavy atom. The molecule has 0 N–H and O–H groups in total. The van der Waals surface area contributed by atoms with Gasteiger partial charge in [-0.15, -0.1) is 0 Å². The molecule has 124 valence electrons. The average Bonchev–Trinajstić information content (AvgIpc) is 2.88. The van der Waals surface area contributed by atoms with Gasteiger partial charge in [0.05, 0.1) is 4.92 Å². The number of likely N-dealkylation sites (tertiary alicyclic amines) is 1. The van der Waals surface area contributed by atoms with Crippen LogP contribution in [0.5, 0.6) is 0 Å². The standard InChI is InChI=1S/C19H20N2O3/c22-19(17-11-4-5-12-18(17)21(23)24)20-13-7-6-10-16(14-20)15-8-2-1-3-9-15/h1-5,8-9,11-12,16H,6-7,10,13-14H2. The van der Waals surface area contributed by atoms with Crippen molar-refractivity contribution in [3.8, 4) is 0 Å². The van der Waals surface area contributed by atoms with Crippen LogP contribution in [-0.4, -0.2) is 28.8 Å². The predicted molar refractivity (Wildman–Crippen MR) is 92.0 cm³/mol. The first-order valence-corrected chi connectivity index (χ1v) is 8.24. The molecule has 1 heterocycles. The maximum Gasteiger partial charge on any atom is 0.282 e. The van der Waals surface area contributed by atoms with E-state index in [4.69, 9.17) is 0 Å². The lowest BCUT2D eigenvalue weighted by Gasteiger charge is -2.25. The van der Waals surface area contributed by atoms with E-state index >= 15 is 0 Å². The molecule has 0 radical (unpaired) electrons. The monoisotopic (exact) mass is 324 g/mol. The van der Waals surface area contributed by atoms with Crippen LogP contribution in [0.15, 0.2) is 54.6 Å². The van der Waals surface area contributed by atoms with E-state index in [0.29, 0.717) is 13.1 Å². The predicted octanol–water partition coefficient (Wildman–Crippen LogP) is 4.00. The van der Waals surface area contributed by atoms with Crippen LogP contribution in [0, 0.1) is 10.1 Å². The lowest BCUT2D eigenvalue weighted by molar-refractivity contribution is -0.385. The van der Waals surface area contributed by atoms with E-state index in [-0.39, 0.29) is 23.1 Å². The molecule has 1 saturated heterocycles. The number of nitro benzene ring substituents is 1. The summed E-state index contributed by atoms with van der Waals surface area (Å²) in [5, 5.41) is 11.2. The zero-order chi connectivity index (χ0) is 16.9. The molecule has 24 heavy (non-hydrogen) atoms. The third-order valence-corrected chi connectivity index (χ3v) is 4.56. The van der Waals surface area contributed by atoms with Crippen molar-refractivity contribution >= 4 is 11.6 Å². The van der Waals surface area contributed by atoms with Crippen LogP contribution in [0.4, 0.5) is 5.69 Å². The van der Waals surface area contributed by atoms with Crippen LogP contribution in [-0.2, 0) is 0 Å². The first kappa shape index (κ1) is 16.2. The van der Waals surface area contributed by atoms with Crippen molar-refractivity contribution in [3.05, 3.63) is 75.8 Å². The highest BCUT2D eigenvalue weighted by Crippen LogP contribution is 2.28. The lowest BCUT2D eigenvalue weighted by Crippen LogP contribution is -2.34. The fourth-order valence-corrected chi connectivity index (χ4v) is 3.31. The molecule has 1 aliphatic rings. The van der Waals surface area contributed by atoms with Gasteiger partial charge in [0.15, 0.2) is 0 Å². The molecule has 5 nitrogen and oxygen atoms in total. The molecular weight excluding hydrogens is 304 g/mol. The molecule has 1 fully saturated rings. The smallest absolute Gasteiger partial charge is 0.282 e. The molecule has 0 spiro atoms. The van der Waals surface area contributed by atoms with Gasteiger partial charge in [0, 0.05) is 25.1 Å². The first-order chi connectivity index (χ1) is 11.7. The van der Waals surface area contributed by atoms with Gasteiger partial charge in [-0.3, -0.25) is 14.9 Å². The van der Waals surface area contributed by atoms with Crippen molar-refractivity contribution in [1.82, 2.24) is 4.90 Å². The summed E-state index contributed by atoms with van der Waals surface area (Å²) in [5.41, 5.74) is 1.28. The Morgan fingerprint density at radius 1 is 1.04 bits per heavy atom. The number of para-hydroxylation sites is 1. The Labute approximate surface area is 141 Å². The number of benzene rings is 2. The highest BCUT2D eigenvalue weighted by Gasteiger charge is 2.28. The third-order valence-electron chi connectivity index (χ3n) is 4.56. The van der Waals surface area contributed by atoms with Crippen LogP contribution in [0.2, 0.25) is 0 Å². The van der Waals surface area contributed by atoms with Crippen LogP contribution in [0.1, 0.15) is 41.1 Å². The zero-order valence-corrected chi connectivity index (χ0v) is 13.4. The third kappa shape index (κ3) is 3.45. The van der Waals surface area contributed by atoms with Gasteiger partial charge < -0.3 is 4.90 Å². The number of carbonyl (C=O) groups excluding carboxylic acids is 1. The van der Waals surface area contributed by atoms with Crippen LogP contribution in [0.25, 0.3) is 0 Å². The molecule has 2 aromatic rings. The maximum absolute atomic E-state index is 12.9. The molecule has 0 aromatic heterocycles. The molecule has 5 heteroatoms. The highest BCUT2D eigenvalue weighted by atomic mass is 16.6. The number of amides is 1. The topological polar surface area (TPSA) is 63.4 Å². The minimum absolute atomic E-state index is 0.122. The SMILES string of the molecule is O=C(c1ccccc1[N+](=O)[O-])N1CCCCC(c2ccccc2)C1. The van der Waals surface area contributed by atoms with Gasteiger partial charge in [0.2, 0.25) is 0 Å². The normalized spacial score (nSPS) is 18.0. The Hall–Kier alpha value is -2.69.